The number of hydrogen-bond donors (Lipinski definition) is 0. The molecule has 29 heavy (non-hydrogen) atoms. The van der Waals surface area contributed by atoms with Crippen molar-refractivity contribution in [3.63, 3.8) is 0 Å². The molecule has 4 aliphatic rings. The highest BCUT2D eigenvalue weighted by Crippen LogP contribution is 2.50. The molecule has 0 radical (unpaired) electrons. The molecule has 1 aliphatic carbocycles. The van der Waals surface area contributed by atoms with Gasteiger partial charge in [0.05, 0.1) is 12.5 Å². The van der Waals surface area contributed by atoms with Gasteiger partial charge in [-0.25, -0.2) is 0 Å². The molecule has 4 fully saturated rings. The van der Waals surface area contributed by atoms with Crippen LogP contribution in [0.4, 0.5) is 0 Å². The lowest BCUT2D eigenvalue weighted by atomic mass is 9.97. The molecular formula is C22H28O7. The molecule has 1 aromatic carbocycles. The van der Waals surface area contributed by atoms with E-state index >= 15 is 0 Å². The van der Waals surface area contributed by atoms with Gasteiger partial charge in [-0.2, -0.15) is 0 Å². The third kappa shape index (κ3) is 3.49. The Bertz CT molecular complexity index is 790. The molecule has 0 aromatic heterocycles. The molecule has 3 saturated heterocycles. The van der Waals surface area contributed by atoms with E-state index in [-0.39, 0.29) is 37.1 Å². The summed E-state index contributed by atoms with van der Waals surface area (Å²) in [4.78, 5) is 13.0. The van der Waals surface area contributed by atoms with Crippen LogP contribution in [0.25, 0.3) is 0 Å². The minimum atomic E-state index is -1.19. The van der Waals surface area contributed by atoms with Crippen molar-refractivity contribution in [2.45, 2.75) is 75.7 Å². The molecule has 1 spiro atoms. The second-order valence-corrected chi connectivity index (χ2v) is 9.27. The largest absolute Gasteiger partial charge is 0.453 e. The van der Waals surface area contributed by atoms with E-state index < -0.39 is 29.6 Å². The molecule has 0 bridgehead atoms. The van der Waals surface area contributed by atoms with Gasteiger partial charge < -0.3 is 28.4 Å². The molecule has 0 N–H and O–H groups in total. The monoisotopic (exact) mass is 404 g/mol. The van der Waals surface area contributed by atoms with Crippen LogP contribution in [0.2, 0.25) is 0 Å². The van der Waals surface area contributed by atoms with Gasteiger partial charge in [0, 0.05) is 0 Å². The summed E-state index contributed by atoms with van der Waals surface area (Å²) in [6.07, 6.45) is -0.795. The van der Waals surface area contributed by atoms with Gasteiger partial charge in [-0.3, -0.25) is 4.79 Å². The molecule has 1 saturated carbocycles. The van der Waals surface area contributed by atoms with Crippen molar-refractivity contribution in [2.24, 2.45) is 5.92 Å². The maximum atomic E-state index is 13.0. The molecule has 0 amide bonds. The average molecular weight is 404 g/mol. The number of esters is 1. The highest BCUT2D eigenvalue weighted by Gasteiger charge is 2.65. The second-order valence-electron chi connectivity index (χ2n) is 9.27. The van der Waals surface area contributed by atoms with E-state index in [1.54, 1.807) is 0 Å². The number of carbonyl (C=O) groups excluding carboxylic acids is 1. The van der Waals surface area contributed by atoms with E-state index in [9.17, 15) is 4.79 Å². The minimum absolute atomic E-state index is 0.164. The van der Waals surface area contributed by atoms with Crippen LogP contribution < -0.4 is 0 Å². The standard InChI is InChI=1S/C22H28O7/c1-20(2)25-12-22(29-20)18(17-16(11-24-22)27-21(3,4)28-17)26-19(23)15-10-14(15)13-8-6-5-7-9-13/h5-9,14-18H,10-12H2,1-4H3/t14-,15+,16+,17+,18-,22-/m0/s1. The molecular weight excluding hydrogens is 376 g/mol. The summed E-state index contributed by atoms with van der Waals surface area (Å²) in [7, 11) is 0. The van der Waals surface area contributed by atoms with Gasteiger partial charge in [0.2, 0.25) is 5.79 Å². The number of hydrogen-bond acceptors (Lipinski definition) is 7. The number of benzene rings is 1. The maximum absolute atomic E-state index is 13.0. The van der Waals surface area contributed by atoms with E-state index in [0.717, 1.165) is 12.0 Å². The Morgan fingerprint density at radius 1 is 1.03 bits per heavy atom. The van der Waals surface area contributed by atoms with Gasteiger partial charge in [-0.1, -0.05) is 30.3 Å². The highest BCUT2D eigenvalue weighted by atomic mass is 16.9. The Labute approximate surface area is 170 Å². The van der Waals surface area contributed by atoms with Crippen LogP contribution in [0.1, 0.15) is 45.6 Å². The molecule has 158 valence electrons. The van der Waals surface area contributed by atoms with Crippen molar-refractivity contribution in [1.29, 1.82) is 0 Å². The predicted molar refractivity (Wildman–Crippen MR) is 101 cm³/mol. The summed E-state index contributed by atoms with van der Waals surface area (Å²) in [5, 5.41) is 0. The van der Waals surface area contributed by atoms with E-state index in [2.05, 4.69) is 0 Å². The number of carbonyl (C=O) groups is 1. The zero-order valence-electron chi connectivity index (χ0n) is 17.3. The highest BCUT2D eigenvalue weighted by molar-refractivity contribution is 5.77. The van der Waals surface area contributed by atoms with Crippen LogP contribution in [0, 0.1) is 5.92 Å². The molecule has 1 aromatic rings. The fourth-order valence-corrected chi connectivity index (χ4v) is 4.66. The van der Waals surface area contributed by atoms with Crippen molar-refractivity contribution in [1.82, 2.24) is 0 Å². The number of fused-ring (bicyclic) bond motifs is 1. The van der Waals surface area contributed by atoms with Crippen LogP contribution in [0.5, 0.6) is 0 Å². The summed E-state index contributed by atoms with van der Waals surface area (Å²) < 4.78 is 36.1. The van der Waals surface area contributed by atoms with E-state index in [0.29, 0.717) is 0 Å². The van der Waals surface area contributed by atoms with Gasteiger partial charge in [-0.15, -0.1) is 0 Å². The minimum Gasteiger partial charge on any atom is -0.453 e. The lowest BCUT2D eigenvalue weighted by molar-refractivity contribution is -0.328. The van der Waals surface area contributed by atoms with Crippen LogP contribution in [-0.4, -0.2) is 54.9 Å². The van der Waals surface area contributed by atoms with Crippen molar-refractivity contribution in [2.75, 3.05) is 13.2 Å². The third-order valence-electron chi connectivity index (χ3n) is 6.05. The maximum Gasteiger partial charge on any atom is 0.310 e. The first kappa shape index (κ1) is 19.5. The van der Waals surface area contributed by atoms with Crippen LogP contribution in [-0.2, 0) is 33.2 Å². The Kier molecular flexibility index (Phi) is 4.35. The number of ether oxygens (including phenoxy) is 6. The van der Waals surface area contributed by atoms with Crippen molar-refractivity contribution >= 4 is 5.97 Å². The SMILES string of the molecule is CC1(C)O[C@@H]2[C@@H](CO[C@]3(COC(C)(C)O3)[C@H]2OC(=O)[C@@H]2C[C@H]2c2ccccc2)O1. The molecule has 7 heteroatoms. The second kappa shape index (κ2) is 6.49. The van der Waals surface area contributed by atoms with Crippen molar-refractivity contribution < 1.29 is 33.2 Å². The normalized spacial score (nSPS) is 41.9. The molecule has 6 atom stereocenters. The van der Waals surface area contributed by atoms with Gasteiger partial charge in [-0.05, 0) is 45.6 Å². The average Bonchev–Trinajstić information content (AvgIpc) is 3.32. The molecule has 0 unspecified atom stereocenters. The first-order chi connectivity index (χ1) is 13.7. The quantitative estimate of drug-likeness (QED) is 0.717. The van der Waals surface area contributed by atoms with Gasteiger partial charge >= 0.3 is 5.97 Å². The summed E-state index contributed by atoms with van der Waals surface area (Å²) >= 11 is 0. The first-order valence-electron chi connectivity index (χ1n) is 10.3. The first-order valence-corrected chi connectivity index (χ1v) is 10.3. The zero-order valence-corrected chi connectivity index (χ0v) is 17.3. The smallest absolute Gasteiger partial charge is 0.310 e. The summed E-state index contributed by atoms with van der Waals surface area (Å²) in [6.45, 7) is 7.78. The van der Waals surface area contributed by atoms with Crippen LogP contribution in [0.15, 0.2) is 30.3 Å². The molecule has 3 heterocycles. The Morgan fingerprint density at radius 2 is 1.79 bits per heavy atom. The lowest BCUT2D eigenvalue weighted by Crippen LogP contribution is -2.63. The fourth-order valence-electron chi connectivity index (χ4n) is 4.66. The van der Waals surface area contributed by atoms with E-state index in [1.807, 2.05) is 58.0 Å². The topological polar surface area (TPSA) is 72.5 Å². The zero-order chi connectivity index (χ0) is 20.4. The van der Waals surface area contributed by atoms with Gasteiger partial charge in [0.15, 0.2) is 17.7 Å². The molecule has 7 nitrogen and oxygen atoms in total. The van der Waals surface area contributed by atoms with Crippen LogP contribution in [0.3, 0.4) is 0 Å². The summed E-state index contributed by atoms with van der Waals surface area (Å²) in [6, 6.07) is 10.0. The van der Waals surface area contributed by atoms with E-state index in [4.69, 9.17) is 28.4 Å². The Morgan fingerprint density at radius 3 is 2.48 bits per heavy atom. The fraction of sp³-hybridized carbons (Fsp3) is 0.682. The molecule has 3 aliphatic heterocycles. The predicted octanol–water partition coefficient (Wildman–Crippen LogP) is 2.73. The Hall–Kier alpha value is -1.51. The molecule has 5 rings (SSSR count). The third-order valence-corrected chi connectivity index (χ3v) is 6.05. The lowest BCUT2D eigenvalue weighted by Gasteiger charge is -2.43. The van der Waals surface area contributed by atoms with Crippen LogP contribution >= 0.6 is 0 Å². The van der Waals surface area contributed by atoms with Gasteiger partial charge in [0.1, 0.15) is 18.8 Å². The Balaban J connectivity index is 1.37. The van der Waals surface area contributed by atoms with Crippen molar-refractivity contribution in [3.8, 4) is 0 Å². The number of rotatable bonds is 3. The van der Waals surface area contributed by atoms with Gasteiger partial charge in [0.25, 0.3) is 0 Å². The van der Waals surface area contributed by atoms with Crippen molar-refractivity contribution in [3.05, 3.63) is 35.9 Å². The summed E-state index contributed by atoms with van der Waals surface area (Å²) in [5.74, 6) is -3.04. The summed E-state index contributed by atoms with van der Waals surface area (Å²) in [5.41, 5.74) is 1.16. The van der Waals surface area contributed by atoms with E-state index in [1.165, 1.54) is 0 Å².